The number of hydrogen-bond acceptors (Lipinski definition) is 5. The molecule has 3 aromatic heterocycles. The van der Waals surface area contributed by atoms with Gasteiger partial charge in [-0.1, -0.05) is 62.9 Å². The van der Waals surface area contributed by atoms with Crippen LogP contribution in [0.2, 0.25) is 0 Å². The molecule has 0 radical (unpaired) electrons. The van der Waals surface area contributed by atoms with Gasteiger partial charge in [0, 0.05) is 30.6 Å². The van der Waals surface area contributed by atoms with Gasteiger partial charge in [0.05, 0.1) is 17.1 Å². The van der Waals surface area contributed by atoms with Crippen molar-refractivity contribution in [3.8, 4) is 22.8 Å². The van der Waals surface area contributed by atoms with Crippen molar-refractivity contribution in [1.82, 2.24) is 39.7 Å². The number of imidazole rings is 2. The summed E-state index contributed by atoms with van der Waals surface area (Å²) in [4.78, 5) is 9.82. The standard InChI is InChI=1S/C25H28N8/c1-3-4-5-6-14-22(25-26-15-16-32(25)2)33-21-13-8-7-12-20(21)27-24(33)19-11-9-10-18(17-19)23-28-30-31-29-23/h7-13,15-17,22H,3-6,14H2,1-2H3,(H,28,29,30,31). The second kappa shape index (κ2) is 9.36. The zero-order chi connectivity index (χ0) is 22.6. The quantitative estimate of drug-likeness (QED) is 0.319. The number of fused-ring (bicyclic) bond motifs is 1. The van der Waals surface area contributed by atoms with Crippen molar-refractivity contribution < 1.29 is 0 Å². The molecule has 0 aliphatic heterocycles. The van der Waals surface area contributed by atoms with Gasteiger partial charge in [0.2, 0.25) is 5.82 Å². The third kappa shape index (κ3) is 4.16. The molecule has 1 atom stereocenters. The molecular formula is C25H28N8. The predicted octanol–water partition coefficient (Wildman–Crippen LogP) is 5.18. The van der Waals surface area contributed by atoms with E-state index in [0.717, 1.165) is 46.7 Å². The highest BCUT2D eigenvalue weighted by atomic mass is 15.5. The van der Waals surface area contributed by atoms with E-state index in [0.29, 0.717) is 5.82 Å². The number of aromatic nitrogens is 8. The van der Waals surface area contributed by atoms with E-state index in [-0.39, 0.29) is 6.04 Å². The first kappa shape index (κ1) is 21.1. The fourth-order valence-corrected chi connectivity index (χ4v) is 4.48. The van der Waals surface area contributed by atoms with Gasteiger partial charge in [-0.15, -0.1) is 10.2 Å². The van der Waals surface area contributed by atoms with Gasteiger partial charge in [0.25, 0.3) is 0 Å². The molecule has 0 saturated heterocycles. The van der Waals surface area contributed by atoms with Crippen molar-refractivity contribution in [2.75, 3.05) is 0 Å². The van der Waals surface area contributed by atoms with E-state index in [1.54, 1.807) is 0 Å². The summed E-state index contributed by atoms with van der Waals surface area (Å²) >= 11 is 0. The highest BCUT2D eigenvalue weighted by Gasteiger charge is 2.24. The zero-order valence-corrected chi connectivity index (χ0v) is 19.0. The van der Waals surface area contributed by atoms with Crippen molar-refractivity contribution in [3.05, 3.63) is 66.7 Å². The lowest BCUT2D eigenvalue weighted by Gasteiger charge is -2.22. The fourth-order valence-electron chi connectivity index (χ4n) is 4.48. The van der Waals surface area contributed by atoms with Gasteiger partial charge in [-0.3, -0.25) is 0 Å². The maximum absolute atomic E-state index is 5.07. The van der Waals surface area contributed by atoms with Crippen LogP contribution in [0.25, 0.3) is 33.8 Å². The molecule has 1 unspecified atom stereocenters. The number of para-hydroxylation sites is 2. The van der Waals surface area contributed by atoms with Crippen LogP contribution in [0.3, 0.4) is 0 Å². The number of unbranched alkanes of at least 4 members (excludes halogenated alkanes) is 3. The highest BCUT2D eigenvalue weighted by molar-refractivity contribution is 5.81. The van der Waals surface area contributed by atoms with Gasteiger partial charge in [0.1, 0.15) is 11.6 Å². The summed E-state index contributed by atoms with van der Waals surface area (Å²) in [5.41, 5.74) is 4.00. The molecule has 1 N–H and O–H groups in total. The van der Waals surface area contributed by atoms with Gasteiger partial charge in [-0.05, 0) is 29.8 Å². The Bertz CT molecular complexity index is 1330. The minimum atomic E-state index is 0.0816. The third-order valence-corrected chi connectivity index (χ3v) is 6.12. The van der Waals surface area contributed by atoms with E-state index < -0.39 is 0 Å². The van der Waals surface area contributed by atoms with Crippen LogP contribution in [0.5, 0.6) is 0 Å². The van der Waals surface area contributed by atoms with Gasteiger partial charge < -0.3 is 9.13 Å². The number of H-pyrrole nitrogens is 1. The summed E-state index contributed by atoms with van der Waals surface area (Å²) in [7, 11) is 2.07. The lowest BCUT2D eigenvalue weighted by molar-refractivity contribution is 0.479. The van der Waals surface area contributed by atoms with Crippen molar-refractivity contribution >= 4 is 11.0 Å². The van der Waals surface area contributed by atoms with Crippen LogP contribution in [0.4, 0.5) is 0 Å². The lowest BCUT2D eigenvalue weighted by Crippen LogP contribution is -2.16. The minimum Gasteiger partial charge on any atom is -0.336 e. The molecule has 0 spiro atoms. The minimum absolute atomic E-state index is 0.0816. The third-order valence-electron chi connectivity index (χ3n) is 6.12. The predicted molar refractivity (Wildman–Crippen MR) is 128 cm³/mol. The van der Waals surface area contributed by atoms with Gasteiger partial charge in [0.15, 0.2) is 0 Å². The Kier molecular flexibility index (Phi) is 5.97. The Morgan fingerprint density at radius 1 is 1.00 bits per heavy atom. The number of nitrogens with one attached hydrogen (secondary N) is 1. The molecule has 5 rings (SSSR count). The maximum Gasteiger partial charge on any atom is 0.204 e. The second-order valence-corrected chi connectivity index (χ2v) is 8.37. The fraction of sp³-hybridized carbons (Fsp3) is 0.320. The van der Waals surface area contributed by atoms with Crippen LogP contribution < -0.4 is 0 Å². The molecule has 33 heavy (non-hydrogen) atoms. The number of nitrogens with zero attached hydrogens (tertiary/aromatic N) is 7. The number of aromatic amines is 1. The summed E-state index contributed by atoms with van der Waals surface area (Å²) in [5.74, 6) is 2.54. The molecule has 0 bridgehead atoms. The largest absolute Gasteiger partial charge is 0.336 e. The number of tetrazole rings is 1. The number of rotatable bonds is 9. The average molecular weight is 441 g/mol. The molecule has 0 aliphatic rings. The van der Waals surface area contributed by atoms with Gasteiger partial charge in [-0.2, -0.15) is 5.21 Å². The number of aryl methyl sites for hydroxylation is 1. The van der Waals surface area contributed by atoms with Crippen LogP contribution in [-0.4, -0.2) is 39.7 Å². The molecule has 0 aliphatic carbocycles. The van der Waals surface area contributed by atoms with Crippen molar-refractivity contribution in [2.24, 2.45) is 7.05 Å². The van der Waals surface area contributed by atoms with Crippen LogP contribution in [0, 0.1) is 0 Å². The van der Waals surface area contributed by atoms with E-state index in [1.165, 1.54) is 19.3 Å². The normalized spacial score (nSPS) is 12.4. The van der Waals surface area contributed by atoms with Gasteiger partial charge in [-0.25, -0.2) is 9.97 Å². The number of hydrogen-bond donors (Lipinski definition) is 1. The molecule has 3 heterocycles. The van der Waals surface area contributed by atoms with Crippen molar-refractivity contribution in [2.45, 2.75) is 45.1 Å². The summed E-state index contributed by atoms with van der Waals surface area (Å²) in [6, 6.07) is 16.6. The summed E-state index contributed by atoms with van der Waals surface area (Å²) in [6.45, 7) is 2.24. The second-order valence-electron chi connectivity index (χ2n) is 8.37. The number of benzene rings is 2. The maximum atomic E-state index is 5.07. The first-order valence-corrected chi connectivity index (χ1v) is 11.5. The Hall–Kier alpha value is -3.81. The first-order valence-electron chi connectivity index (χ1n) is 11.5. The van der Waals surface area contributed by atoms with Crippen LogP contribution >= 0.6 is 0 Å². The Morgan fingerprint density at radius 2 is 1.88 bits per heavy atom. The van der Waals surface area contributed by atoms with E-state index >= 15 is 0 Å². The Morgan fingerprint density at radius 3 is 2.67 bits per heavy atom. The van der Waals surface area contributed by atoms with E-state index in [9.17, 15) is 0 Å². The molecule has 168 valence electrons. The monoisotopic (exact) mass is 440 g/mol. The van der Waals surface area contributed by atoms with Crippen LogP contribution in [0.1, 0.15) is 50.9 Å². The molecule has 2 aromatic carbocycles. The molecule has 8 nitrogen and oxygen atoms in total. The SMILES string of the molecule is CCCCCCC(c1nccn1C)n1c(-c2cccc(-c3nn[nH]n3)c2)nc2ccccc21. The molecular weight excluding hydrogens is 412 g/mol. The van der Waals surface area contributed by atoms with Crippen LogP contribution in [-0.2, 0) is 7.05 Å². The summed E-state index contributed by atoms with van der Waals surface area (Å²) in [5, 5.41) is 14.5. The Labute approximate surface area is 192 Å². The lowest BCUT2D eigenvalue weighted by atomic mass is 10.0. The smallest absolute Gasteiger partial charge is 0.204 e. The van der Waals surface area contributed by atoms with E-state index in [1.807, 2.05) is 30.6 Å². The average Bonchev–Trinajstić information content (AvgIpc) is 3.60. The molecule has 0 saturated carbocycles. The van der Waals surface area contributed by atoms with E-state index in [4.69, 9.17) is 9.97 Å². The van der Waals surface area contributed by atoms with Gasteiger partial charge >= 0.3 is 0 Å². The molecule has 0 amide bonds. The summed E-state index contributed by atoms with van der Waals surface area (Å²) < 4.78 is 4.48. The van der Waals surface area contributed by atoms with Crippen LogP contribution in [0.15, 0.2) is 60.9 Å². The molecule has 0 fully saturated rings. The topological polar surface area (TPSA) is 90.1 Å². The van der Waals surface area contributed by atoms with Crippen molar-refractivity contribution in [3.63, 3.8) is 0 Å². The highest BCUT2D eigenvalue weighted by Crippen LogP contribution is 2.35. The summed E-state index contributed by atoms with van der Waals surface area (Å²) in [6.07, 6.45) is 9.72. The van der Waals surface area contributed by atoms with Crippen molar-refractivity contribution in [1.29, 1.82) is 0 Å². The molecule has 8 heteroatoms. The Balaban J connectivity index is 1.66. The molecule has 5 aromatic rings. The first-order chi connectivity index (χ1) is 16.3. The zero-order valence-electron chi connectivity index (χ0n) is 19.0. The van der Waals surface area contributed by atoms with E-state index in [2.05, 4.69) is 74.1 Å².